The minimum atomic E-state index is -0.628. The Hall–Kier alpha value is -1.99. The van der Waals surface area contributed by atoms with E-state index in [9.17, 15) is 10.2 Å². The van der Waals surface area contributed by atoms with Gasteiger partial charge in [0.15, 0.2) is 11.5 Å². The van der Waals surface area contributed by atoms with E-state index >= 15 is 0 Å². The third-order valence-corrected chi connectivity index (χ3v) is 6.94. The first-order chi connectivity index (χ1) is 14.8. The predicted molar refractivity (Wildman–Crippen MR) is 119 cm³/mol. The van der Waals surface area contributed by atoms with Crippen LogP contribution in [0.2, 0.25) is 5.02 Å². The molecule has 0 radical (unpaired) electrons. The molecule has 0 aliphatic carbocycles. The topological polar surface area (TPSA) is 71.4 Å². The van der Waals surface area contributed by atoms with Crippen LogP contribution in [0.5, 0.6) is 17.2 Å². The molecule has 2 atom stereocenters. The smallest absolute Gasteiger partial charge is 0.161 e. The number of ether oxygens (including phenoxy) is 3. The van der Waals surface area contributed by atoms with E-state index in [4.69, 9.17) is 25.8 Å². The summed E-state index contributed by atoms with van der Waals surface area (Å²) in [5.74, 6) is 1.98. The Kier molecular flexibility index (Phi) is 6.35. The van der Waals surface area contributed by atoms with Gasteiger partial charge in [0.1, 0.15) is 11.4 Å². The number of likely N-dealkylation sites (tertiary alicyclic amines) is 1. The van der Waals surface area contributed by atoms with Crippen LogP contribution in [0.15, 0.2) is 30.3 Å². The third kappa shape index (κ3) is 4.48. The van der Waals surface area contributed by atoms with Crippen molar-refractivity contribution in [2.75, 3.05) is 33.9 Å². The standard InChI is InChI=1S/C24H30ClNO5/c1-15-10-22-17(12-18(15)25)19(27)13-24(31-22)6-8-26(9-7-24)14-20(28)16-4-5-21(29-2)23(11-16)30-3/h4-5,10-12,19-20,27-28H,6-9,13-14H2,1-3H3/t19-,20-/m1/s1. The number of nitrogens with zero attached hydrogens (tertiary/aromatic N) is 1. The molecule has 4 rings (SSSR count). The van der Waals surface area contributed by atoms with Crippen LogP contribution in [0.25, 0.3) is 0 Å². The number of aliphatic hydroxyl groups is 2. The minimum absolute atomic E-state index is 0.378. The quantitative estimate of drug-likeness (QED) is 0.720. The molecule has 2 aliphatic rings. The van der Waals surface area contributed by atoms with Gasteiger partial charge in [-0.15, -0.1) is 0 Å². The maximum atomic E-state index is 10.8. The Morgan fingerprint density at radius 1 is 1.16 bits per heavy atom. The van der Waals surface area contributed by atoms with E-state index < -0.39 is 12.2 Å². The van der Waals surface area contributed by atoms with Crippen LogP contribution in [0.1, 0.15) is 48.2 Å². The summed E-state index contributed by atoms with van der Waals surface area (Å²) >= 11 is 6.23. The second kappa shape index (κ2) is 8.87. The lowest BCUT2D eigenvalue weighted by atomic mass is 9.81. The number of benzene rings is 2. The molecule has 6 nitrogen and oxygen atoms in total. The van der Waals surface area contributed by atoms with Crippen LogP contribution in [-0.2, 0) is 0 Å². The summed E-state index contributed by atoms with van der Waals surface area (Å²) in [6, 6.07) is 9.24. The van der Waals surface area contributed by atoms with Crippen molar-refractivity contribution < 1.29 is 24.4 Å². The molecular formula is C24H30ClNO5. The summed E-state index contributed by atoms with van der Waals surface area (Å²) in [5.41, 5.74) is 2.13. The fourth-order valence-electron chi connectivity index (χ4n) is 4.62. The van der Waals surface area contributed by atoms with Gasteiger partial charge < -0.3 is 29.3 Å². The molecule has 31 heavy (non-hydrogen) atoms. The first-order valence-corrected chi connectivity index (χ1v) is 11.0. The normalized spacial score (nSPS) is 21.3. The summed E-state index contributed by atoms with van der Waals surface area (Å²) in [4.78, 5) is 2.24. The number of aliphatic hydroxyl groups excluding tert-OH is 2. The SMILES string of the molecule is COc1ccc([C@H](O)CN2CCC3(CC2)C[C@@H](O)c2cc(Cl)c(C)cc2O3)cc1OC. The van der Waals surface area contributed by atoms with Gasteiger partial charge in [-0.05, 0) is 55.2 Å². The number of β-amino-alcohol motifs (C(OH)–C–C–N with tert-alkyl or cyclic N) is 1. The lowest BCUT2D eigenvalue weighted by Crippen LogP contribution is -2.51. The van der Waals surface area contributed by atoms with Crippen molar-refractivity contribution in [2.45, 2.75) is 44.0 Å². The molecule has 1 saturated heterocycles. The van der Waals surface area contributed by atoms with Crippen LogP contribution in [0.3, 0.4) is 0 Å². The molecule has 0 bridgehead atoms. The average molecular weight is 448 g/mol. The predicted octanol–water partition coefficient (Wildman–Crippen LogP) is 4.05. The second-order valence-electron chi connectivity index (χ2n) is 8.58. The zero-order chi connectivity index (χ0) is 22.2. The van der Waals surface area contributed by atoms with Gasteiger partial charge in [0.05, 0.1) is 26.4 Å². The zero-order valence-corrected chi connectivity index (χ0v) is 19.0. The van der Waals surface area contributed by atoms with E-state index in [-0.39, 0.29) is 5.60 Å². The molecule has 1 spiro atoms. The Morgan fingerprint density at radius 3 is 2.55 bits per heavy atom. The van der Waals surface area contributed by atoms with E-state index in [0.29, 0.717) is 29.5 Å². The largest absolute Gasteiger partial charge is 0.493 e. The molecule has 0 aromatic heterocycles. The first kappa shape index (κ1) is 22.2. The first-order valence-electron chi connectivity index (χ1n) is 10.6. The Bertz CT molecular complexity index is 942. The Balaban J connectivity index is 1.40. The molecule has 1 fully saturated rings. The van der Waals surface area contributed by atoms with E-state index in [1.165, 1.54) is 0 Å². The summed E-state index contributed by atoms with van der Waals surface area (Å²) in [5, 5.41) is 22.1. The molecule has 2 aromatic rings. The number of methoxy groups -OCH3 is 2. The number of rotatable bonds is 5. The number of hydrogen-bond donors (Lipinski definition) is 2. The molecule has 0 amide bonds. The second-order valence-corrected chi connectivity index (χ2v) is 8.98. The number of piperidine rings is 1. The highest BCUT2D eigenvalue weighted by Crippen LogP contribution is 2.46. The van der Waals surface area contributed by atoms with Crippen molar-refractivity contribution in [1.29, 1.82) is 0 Å². The van der Waals surface area contributed by atoms with Gasteiger partial charge in [-0.2, -0.15) is 0 Å². The lowest BCUT2D eigenvalue weighted by Gasteiger charge is -2.46. The maximum Gasteiger partial charge on any atom is 0.161 e. The van der Waals surface area contributed by atoms with Gasteiger partial charge in [-0.25, -0.2) is 0 Å². The molecule has 7 heteroatoms. The molecular weight excluding hydrogens is 418 g/mol. The third-order valence-electron chi connectivity index (χ3n) is 6.53. The van der Waals surface area contributed by atoms with E-state index in [2.05, 4.69) is 4.90 Å². The van der Waals surface area contributed by atoms with Gasteiger partial charge in [0, 0.05) is 36.6 Å². The van der Waals surface area contributed by atoms with Gasteiger partial charge in [0.25, 0.3) is 0 Å². The maximum absolute atomic E-state index is 10.8. The fraction of sp³-hybridized carbons (Fsp3) is 0.500. The van der Waals surface area contributed by atoms with Crippen molar-refractivity contribution in [1.82, 2.24) is 4.90 Å². The molecule has 0 unspecified atom stereocenters. The van der Waals surface area contributed by atoms with Crippen LogP contribution < -0.4 is 14.2 Å². The number of fused-ring (bicyclic) bond motifs is 1. The van der Waals surface area contributed by atoms with E-state index in [0.717, 1.165) is 48.4 Å². The summed E-state index contributed by atoms with van der Waals surface area (Å²) in [6.45, 7) is 4.05. The molecule has 2 aromatic carbocycles. The Morgan fingerprint density at radius 2 is 1.87 bits per heavy atom. The zero-order valence-electron chi connectivity index (χ0n) is 18.2. The summed E-state index contributed by atoms with van der Waals surface area (Å²) < 4.78 is 17.0. The van der Waals surface area contributed by atoms with Crippen LogP contribution in [-0.4, -0.2) is 54.6 Å². The highest BCUT2D eigenvalue weighted by atomic mass is 35.5. The monoisotopic (exact) mass is 447 g/mol. The summed E-state index contributed by atoms with van der Waals surface area (Å²) in [6.07, 6.45) is 0.946. The molecule has 2 aliphatic heterocycles. The van der Waals surface area contributed by atoms with Crippen molar-refractivity contribution in [3.05, 3.63) is 52.0 Å². The number of aryl methyl sites for hydroxylation is 1. The molecule has 2 N–H and O–H groups in total. The number of halogens is 1. The molecule has 2 heterocycles. The number of hydrogen-bond acceptors (Lipinski definition) is 6. The van der Waals surface area contributed by atoms with Gasteiger partial charge in [-0.1, -0.05) is 17.7 Å². The van der Waals surface area contributed by atoms with E-state index in [1.807, 2.05) is 37.3 Å². The lowest BCUT2D eigenvalue weighted by molar-refractivity contribution is -0.0588. The van der Waals surface area contributed by atoms with Crippen molar-refractivity contribution >= 4 is 11.6 Å². The molecule has 0 saturated carbocycles. The minimum Gasteiger partial charge on any atom is -0.493 e. The van der Waals surface area contributed by atoms with E-state index in [1.54, 1.807) is 14.2 Å². The average Bonchev–Trinajstić information content (AvgIpc) is 2.76. The van der Waals surface area contributed by atoms with Crippen molar-refractivity contribution in [3.8, 4) is 17.2 Å². The van der Waals surface area contributed by atoms with Gasteiger partial charge in [-0.3, -0.25) is 0 Å². The fourth-order valence-corrected chi connectivity index (χ4v) is 4.79. The van der Waals surface area contributed by atoms with Crippen LogP contribution in [0, 0.1) is 6.92 Å². The van der Waals surface area contributed by atoms with Crippen LogP contribution in [0.4, 0.5) is 0 Å². The highest BCUT2D eigenvalue weighted by Gasteiger charge is 2.43. The van der Waals surface area contributed by atoms with Crippen LogP contribution >= 0.6 is 11.6 Å². The summed E-state index contributed by atoms with van der Waals surface area (Å²) in [7, 11) is 3.18. The van der Waals surface area contributed by atoms with Crippen molar-refractivity contribution in [3.63, 3.8) is 0 Å². The molecule has 168 valence electrons. The Labute approximate surface area is 188 Å². The van der Waals surface area contributed by atoms with Crippen molar-refractivity contribution in [2.24, 2.45) is 0 Å². The van der Waals surface area contributed by atoms with Gasteiger partial charge in [0.2, 0.25) is 0 Å². The van der Waals surface area contributed by atoms with Gasteiger partial charge >= 0.3 is 0 Å². The highest BCUT2D eigenvalue weighted by molar-refractivity contribution is 6.31.